The van der Waals surface area contributed by atoms with E-state index in [1.54, 1.807) is 12.1 Å². The molecule has 0 N–H and O–H groups in total. The number of piperidine rings is 1. The first-order valence-corrected chi connectivity index (χ1v) is 9.52. The van der Waals surface area contributed by atoms with Gasteiger partial charge in [-0.3, -0.25) is 9.36 Å². The molecule has 3 aromatic rings. The summed E-state index contributed by atoms with van der Waals surface area (Å²) in [5.74, 6) is 1.15. The van der Waals surface area contributed by atoms with Gasteiger partial charge in [0.2, 0.25) is 5.91 Å². The second kappa shape index (κ2) is 7.42. The van der Waals surface area contributed by atoms with Crippen LogP contribution in [0.5, 0.6) is 0 Å². The Morgan fingerprint density at radius 2 is 2.04 bits per heavy atom. The van der Waals surface area contributed by atoms with Crippen molar-refractivity contribution in [3.05, 3.63) is 53.0 Å². The predicted molar refractivity (Wildman–Crippen MR) is 101 cm³/mol. The Balaban J connectivity index is 1.37. The number of imidazole rings is 1. The van der Waals surface area contributed by atoms with E-state index in [0.29, 0.717) is 17.0 Å². The third-order valence-electron chi connectivity index (χ3n) is 5.41. The molecule has 1 aliphatic rings. The number of hydrogen-bond acceptors (Lipinski definition) is 4. The van der Waals surface area contributed by atoms with Crippen molar-refractivity contribution >= 4 is 17.0 Å². The average molecular weight is 368 g/mol. The highest BCUT2D eigenvalue weighted by molar-refractivity contribution is 5.79. The summed E-state index contributed by atoms with van der Waals surface area (Å²) < 4.78 is 8.85. The number of para-hydroxylation sites is 2. The van der Waals surface area contributed by atoms with Gasteiger partial charge in [0, 0.05) is 38.4 Å². The van der Waals surface area contributed by atoms with Crippen molar-refractivity contribution in [1.29, 1.82) is 0 Å². The lowest BCUT2D eigenvalue weighted by Gasteiger charge is -2.32. The molecule has 0 atom stereocenters. The zero-order valence-corrected chi connectivity index (χ0v) is 15.5. The minimum atomic E-state index is -0.480. The van der Waals surface area contributed by atoms with Gasteiger partial charge in [-0.1, -0.05) is 19.1 Å². The van der Waals surface area contributed by atoms with Crippen LogP contribution in [-0.2, 0) is 24.3 Å². The van der Waals surface area contributed by atoms with Gasteiger partial charge in [-0.25, -0.2) is 9.78 Å². The molecule has 0 radical (unpaired) electrons. The number of aromatic nitrogens is 3. The number of likely N-dealkylation sites (tertiary alicyclic amines) is 1. The highest BCUT2D eigenvalue weighted by atomic mass is 16.4. The Labute approximate surface area is 157 Å². The van der Waals surface area contributed by atoms with Gasteiger partial charge in [-0.2, -0.15) is 0 Å². The summed E-state index contributed by atoms with van der Waals surface area (Å²) in [4.78, 5) is 31.0. The van der Waals surface area contributed by atoms with Crippen molar-refractivity contribution in [3.8, 4) is 0 Å². The molecule has 2 aromatic heterocycles. The summed E-state index contributed by atoms with van der Waals surface area (Å²) in [7, 11) is 0. The van der Waals surface area contributed by atoms with Crippen LogP contribution in [0.1, 0.15) is 25.6 Å². The van der Waals surface area contributed by atoms with Crippen LogP contribution in [0, 0.1) is 5.92 Å². The van der Waals surface area contributed by atoms with Gasteiger partial charge in [0.25, 0.3) is 0 Å². The third-order valence-corrected chi connectivity index (χ3v) is 5.41. The number of hydrogen-bond donors (Lipinski definition) is 0. The van der Waals surface area contributed by atoms with Gasteiger partial charge in [0.1, 0.15) is 12.4 Å². The number of benzene rings is 1. The predicted octanol–water partition coefficient (Wildman–Crippen LogP) is 2.29. The van der Waals surface area contributed by atoms with E-state index in [-0.39, 0.29) is 12.5 Å². The zero-order valence-electron chi connectivity index (χ0n) is 15.5. The van der Waals surface area contributed by atoms with Gasteiger partial charge in [0.15, 0.2) is 5.58 Å². The maximum absolute atomic E-state index is 12.7. The van der Waals surface area contributed by atoms with Gasteiger partial charge in [0.05, 0.1) is 5.52 Å². The number of carbonyl (C=O) groups excluding carboxylic acids is 1. The highest BCUT2D eigenvalue weighted by Gasteiger charge is 2.24. The molecule has 0 saturated carbocycles. The number of amides is 1. The van der Waals surface area contributed by atoms with E-state index in [1.165, 1.54) is 4.57 Å². The summed E-state index contributed by atoms with van der Waals surface area (Å²) in [5, 5.41) is 0. The molecule has 0 bridgehead atoms. The minimum Gasteiger partial charge on any atom is -0.408 e. The molecule has 0 aliphatic carbocycles. The molecular formula is C20H24N4O3. The molecule has 142 valence electrons. The van der Waals surface area contributed by atoms with Crippen molar-refractivity contribution < 1.29 is 9.21 Å². The first kappa shape index (κ1) is 17.6. The number of aryl methyl sites for hydroxylation is 1. The number of rotatable bonds is 5. The number of fused-ring (bicyclic) bond motifs is 1. The first-order valence-electron chi connectivity index (χ1n) is 9.52. The van der Waals surface area contributed by atoms with E-state index in [2.05, 4.69) is 16.5 Å². The van der Waals surface area contributed by atoms with Crippen LogP contribution >= 0.6 is 0 Å². The summed E-state index contributed by atoms with van der Waals surface area (Å²) in [6.45, 7) is 4.55. The standard InChI is InChI=1S/C20H24N4O3/c1-2-18-21-9-12-23(18)13-15-7-10-22(11-8-15)19(25)14-24-16-5-3-4-6-17(16)27-20(24)26/h3-6,9,12,15H,2,7-8,10-11,13-14H2,1H3. The third kappa shape index (κ3) is 3.54. The maximum atomic E-state index is 12.7. The van der Waals surface area contributed by atoms with Crippen LogP contribution in [0.3, 0.4) is 0 Å². The van der Waals surface area contributed by atoms with Crippen LogP contribution in [-0.4, -0.2) is 38.0 Å². The lowest BCUT2D eigenvalue weighted by atomic mass is 9.96. The monoisotopic (exact) mass is 368 g/mol. The SMILES string of the molecule is CCc1nccn1CC1CCN(C(=O)Cn2c(=O)oc3ccccc32)CC1. The van der Waals surface area contributed by atoms with E-state index in [1.807, 2.05) is 29.4 Å². The number of carbonyl (C=O) groups is 1. The van der Waals surface area contributed by atoms with Crippen molar-refractivity contribution in [1.82, 2.24) is 19.0 Å². The molecule has 0 unspecified atom stereocenters. The molecule has 1 aliphatic heterocycles. The molecule has 3 heterocycles. The lowest BCUT2D eigenvalue weighted by molar-refractivity contribution is -0.133. The quantitative estimate of drug-likeness (QED) is 0.693. The Kier molecular flexibility index (Phi) is 4.83. The van der Waals surface area contributed by atoms with Gasteiger partial charge < -0.3 is 13.9 Å². The molecular weight excluding hydrogens is 344 g/mol. The summed E-state index contributed by atoms with van der Waals surface area (Å²) in [5.41, 5.74) is 1.18. The van der Waals surface area contributed by atoms with Crippen LogP contribution in [0.15, 0.2) is 45.9 Å². The largest absolute Gasteiger partial charge is 0.420 e. The second-order valence-electron chi connectivity index (χ2n) is 7.10. The Bertz CT molecular complexity index is 992. The summed E-state index contributed by atoms with van der Waals surface area (Å²) in [6, 6.07) is 7.19. The zero-order chi connectivity index (χ0) is 18.8. The number of oxazole rings is 1. The molecule has 1 fully saturated rings. The van der Waals surface area contributed by atoms with E-state index in [4.69, 9.17) is 4.42 Å². The molecule has 1 saturated heterocycles. The first-order chi connectivity index (χ1) is 13.2. The summed E-state index contributed by atoms with van der Waals surface area (Å²) >= 11 is 0. The van der Waals surface area contributed by atoms with Crippen LogP contribution in [0.25, 0.3) is 11.1 Å². The van der Waals surface area contributed by atoms with Crippen molar-refractivity contribution in [2.45, 2.75) is 39.3 Å². The fourth-order valence-electron chi connectivity index (χ4n) is 3.86. The molecule has 7 heteroatoms. The molecule has 7 nitrogen and oxygen atoms in total. The van der Waals surface area contributed by atoms with Crippen molar-refractivity contribution in [3.63, 3.8) is 0 Å². The highest BCUT2D eigenvalue weighted by Crippen LogP contribution is 2.21. The molecule has 0 spiro atoms. The van der Waals surface area contributed by atoms with E-state index in [9.17, 15) is 9.59 Å². The Morgan fingerprint density at radius 3 is 2.81 bits per heavy atom. The molecule has 1 aromatic carbocycles. The van der Waals surface area contributed by atoms with Crippen LogP contribution in [0.4, 0.5) is 0 Å². The van der Waals surface area contributed by atoms with E-state index >= 15 is 0 Å². The van der Waals surface area contributed by atoms with Gasteiger partial charge in [-0.15, -0.1) is 0 Å². The minimum absolute atomic E-state index is 0.0287. The lowest BCUT2D eigenvalue weighted by Crippen LogP contribution is -2.41. The van der Waals surface area contributed by atoms with Crippen LogP contribution in [0.2, 0.25) is 0 Å². The van der Waals surface area contributed by atoms with Gasteiger partial charge >= 0.3 is 5.76 Å². The maximum Gasteiger partial charge on any atom is 0.420 e. The fraction of sp³-hybridized carbons (Fsp3) is 0.450. The molecule has 1 amide bonds. The van der Waals surface area contributed by atoms with E-state index in [0.717, 1.165) is 44.7 Å². The smallest absolute Gasteiger partial charge is 0.408 e. The van der Waals surface area contributed by atoms with Crippen LogP contribution < -0.4 is 5.76 Å². The van der Waals surface area contributed by atoms with Crippen molar-refractivity contribution in [2.75, 3.05) is 13.1 Å². The molecule has 27 heavy (non-hydrogen) atoms. The van der Waals surface area contributed by atoms with E-state index < -0.39 is 5.76 Å². The van der Waals surface area contributed by atoms with Gasteiger partial charge in [-0.05, 0) is 30.9 Å². The topological polar surface area (TPSA) is 73.3 Å². The summed E-state index contributed by atoms with van der Waals surface area (Å²) in [6.07, 6.45) is 6.75. The Morgan fingerprint density at radius 1 is 1.26 bits per heavy atom. The van der Waals surface area contributed by atoms with Crippen molar-refractivity contribution in [2.24, 2.45) is 5.92 Å². The average Bonchev–Trinajstić information content (AvgIpc) is 3.26. The number of nitrogens with zero attached hydrogens (tertiary/aromatic N) is 4. The fourth-order valence-corrected chi connectivity index (χ4v) is 3.86. The second-order valence-corrected chi connectivity index (χ2v) is 7.10. The molecule has 4 rings (SSSR count). The Hall–Kier alpha value is -2.83. The normalized spacial score (nSPS) is 15.5.